The van der Waals surface area contributed by atoms with E-state index in [0.29, 0.717) is 17.8 Å². The molecule has 2 heteroatoms. The number of carbonyl (C=O) groups is 2. The highest BCUT2D eigenvalue weighted by Crippen LogP contribution is 2.75. The number of hydrogen-bond donors (Lipinski definition) is 0. The second kappa shape index (κ2) is 6.82. The third kappa shape index (κ3) is 2.54. The number of aldehydes is 1. The van der Waals surface area contributed by atoms with Crippen LogP contribution >= 0.6 is 0 Å². The number of fused-ring (bicyclic) bond motifs is 7. The fourth-order valence-electron chi connectivity index (χ4n) is 10.6. The summed E-state index contributed by atoms with van der Waals surface area (Å²) in [6.45, 7) is 17.1. The van der Waals surface area contributed by atoms with Gasteiger partial charge in [-0.25, -0.2) is 0 Å². The van der Waals surface area contributed by atoms with Crippen molar-refractivity contribution < 1.29 is 9.59 Å². The van der Waals surface area contributed by atoms with Gasteiger partial charge in [-0.1, -0.05) is 53.2 Å². The lowest BCUT2D eigenvalue weighted by molar-refractivity contribution is -0.183. The Morgan fingerprint density at radius 3 is 2.31 bits per heavy atom. The topological polar surface area (TPSA) is 34.1 Å². The molecule has 5 rings (SSSR count). The first-order chi connectivity index (χ1) is 14.9. The zero-order valence-electron chi connectivity index (χ0n) is 21.7. The average Bonchev–Trinajstić information content (AvgIpc) is 3.09. The fraction of sp³-hybridized carbons (Fsp3) is 0.867. The molecule has 178 valence electrons. The number of Topliss-reactive ketones (excluding diaryl/α,β-unsaturated/α-hetero) is 1. The van der Waals surface area contributed by atoms with Crippen LogP contribution in [0.4, 0.5) is 0 Å². The number of hydrogen-bond acceptors (Lipinski definition) is 2. The molecule has 0 aromatic heterocycles. The van der Waals surface area contributed by atoms with Crippen molar-refractivity contribution in [2.24, 2.45) is 56.7 Å². The fourth-order valence-corrected chi connectivity index (χ4v) is 10.6. The predicted octanol–water partition coefficient (Wildman–Crippen LogP) is 7.41. The second-order valence-corrected chi connectivity index (χ2v) is 14.2. The standard InChI is InChI=1S/C30H46O2/c1-19(2)20-10-13-26(3)16-17-29(6)21(25(20)26)8-9-23-27(4)14-12-24(32)28(5,18-31)22(27)11-15-30(23,29)7/h8,18-20,22-23,25H,9-17H2,1-7H3/t20-,22?,23?,25?,26-,27-,28?,29+,30-/m1/s1. The summed E-state index contributed by atoms with van der Waals surface area (Å²) in [6.07, 6.45) is 14.1. The van der Waals surface area contributed by atoms with Gasteiger partial charge in [0.2, 0.25) is 0 Å². The van der Waals surface area contributed by atoms with E-state index in [-0.39, 0.29) is 27.9 Å². The van der Waals surface area contributed by atoms with Gasteiger partial charge in [-0.15, -0.1) is 0 Å². The zero-order chi connectivity index (χ0) is 23.3. The number of ketones is 1. The van der Waals surface area contributed by atoms with Crippen molar-refractivity contribution in [1.29, 1.82) is 0 Å². The summed E-state index contributed by atoms with van der Waals surface area (Å²) in [5.41, 5.74) is 2.11. The van der Waals surface area contributed by atoms with Crippen LogP contribution in [0.2, 0.25) is 0 Å². The van der Waals surface area contributed by atoms with Crippen molar-refractivity contribution >= 4 is 12.1 Å². The average molecular weight is 439 g/mol. The van der Waals surface area contributed by atoms with E-state index in [1.165, 1.54) is 25.7 Å². The van der Waals surface area contributed by atoms with E-state index in [0.717, 1.165) is 49.7 Å². The molecule has 2 nitrogen and oxygen atoms in total. The van der Waals surface area contributed by atoms with Crippen molar-refractivity contribution in [3.63, 3.8) is 0 Å². The van der Waals surface area contributed by atoms with E-state index in [1.807, 2.05) is 12.5 Å². The Kier molecular flexibility index (Phi) is 4.87. The summed E-state index contributed by atoms with van der Waals surface area (Å²) in [5, 5.41) is 0. The molecule has 0 bridgehead atoms. The van der Waals surface area contributed by atoms with Crippen molar-refractivity contribution in [3.8, 4) is 0 Å². The summed E-state index contributed by atoms with van der Waals surface area (Å²) < 4.78 is 0. The van der Waals surface area contributed by atoms with Crippen LogP contribution in [0.15, 0.2) is 11.6 Å². The Morgan fingerprint density at radius 1 is 0.938 bits per heavy atom. The van der Waals surface area contributed by atoms with Gasteiger partial charge in [0.1, 0.15) is 12.1 Å². The van der Waals surface area contributed by atoms with Gasteiger partial charge in [-0.3, -0.25) is 4.79 Å². The normalized spacial score (nSPS) is 54.9. The van der Waals surface area contributed by atoms with Crippen molar-refractivity contribution in [1.82, 2.24) is 0 Å². The molecule has 0 aromatic carbocycles. The Labute approximate surface area is 196 Å². The monoisotopic (exact) mass is 438 g/mol. The van der Waals surface area contributed by atoms with E-state index >= 15 is 0 Å². The molecule has 5 aliphatic carbocycles. The third-order valence-electron chi connectivity index (χ3n) is 12.9. The van der Waals surface area contributed by atoms with Crippen molar-refractivity contribution in [2.75, 3.05) is 0 Å². The molecule has 0 aliphatic heterocycles. The van der Waals surface area contributed by atoms with E-state index in [4.69, 9.17) is 0 Å². The van der Waals surface area contributed by atoms with Gasteiger partial charge in [0, 0.05) is 6.42 Å². The van der Waals surface area contributed by atoms with Crippen LogP contribution in [0.25, 0.3) is 0 Å². The molecule has 0 radical (unpaired) electrons. The molecular formula is C30H46O2. The first-order valence-electron chi connectivity index (χ1n) is 13.6. The van der Waals surface area contributed by atoms with Gasteiger partial charge < -0.3 is 4.79 Å². The Balaban J connectivity index is 1.60. The minimum Gasteiger partial charge on any atom is -0.302 e. The van der Waals surface area contributed by atoms with Crippen LogP contribution in [0, 0.1) is 56.7 Å². The molecule has 4 fully saturated rings. The lowest BCUT2D eigenvalue weighted by atomic mass is 9.34. The smallest absolute Gasteiger partial charge is 0.146 e. The third-order valence-corrected chi connectivity index (χ3v) is 12.9. The summed E-state index contributed by atoms with van der Waals surface area (Å²) >= 11 is 0. The van der Waals surface area contributed by atoms with Crippen molar-refractivity contribution in [2.45, 2.75) is 106 Å². The largest absolute Gasteiger partial charge is 0.302 e. The van der Waals surface area contributed by atoms with Crippen LogP contribution in [0.1, 0.15) is 106 Å². The predicted molar refractivity (Wildman–Crippen MR) is 130 cm³/mol. The van der Waals surface area contributed by atoms with Crippen LogP contribution in [0.5, 0.6) is 0 Å². The number of allylic oxidation sites excluding steroid dienone is 2. The molecule has 32 heavy (non-hydrogen) atoms. The van der Waals surface area contributed by atoms with Crippen LogP contribution in [-0.2, 0) is 9.59 Å². The van der Waals surface area contributed by atoms with Crippen molar-refractivity contribution in [3.05, 3.63) is 11.6 Å². The van der Waals surface area contributed by atoms with E-state index < -0.39 is 5.41 Å². The summed E-state index contributed by atoms with van der Waals surface area (Å²) in [6, 6.07) is 0. The number of carbonyl (C=O) groups excluding carboxylic acids is 2. The molecule has 0 amide bonds. The quantitative estimate of drug-likeness (QED) is 0.255. The first kappa shape index (κ1) is 22.9. The maximum atomic E-state index is 12.9. The zero-order valence-corrected chi connectivity index (χ0v) is 21.7. The molecule has 0 aromatic rings. The SMILES string of the molecule is CC(C)[C@H]1CC[C@]2(C)CC[C@@]3(C)C(=CCC4[C@]5(C)CCC(=O)C(C)(C=O)C5CC[C@]43C)C12. The lowest BCUT2D eigenvalue weighted by Crippen LogP contribution is -2.64. The molecular weight excluding hydrogens is 392 g/mol. The summed E-state index contributed by atoms with van der Waals surface area (Å²) in [5.74, 6) is 3.28. The number of rotatable bonds is 2. The van der Waals surface area contributed by atoms with Gasteiger partial charge in [0.15, 0.2) is 0 Å². The maximum absolute atomic E-state index is 12.9. The molecule has 4 saturated carbocycles. The van der Waals surface area contributed by atoms with Gasteiger partial charge in [0.05, 0.1) is 5.41 Å². The lowest BCUT2D eigenvalue weighted by Gasteiger charge is -2.69. The highest BCUT2D eigenvalue weighted by Gasteiger charge is 2.69. The molecule has 0 heterocycles. The molecule has 9 atom stereocenters. The molecule has 0 saturated heterocycles. The molecule has 0 N–H and O–H groups in total. The summed E-state index contributed by atoms with van der Waals surface area (Å²) in [7, 11) is 0. The molecule has 4 unspecified atom stereocenters. The Hall–Kier alpha value is -0.920. The van der Waals surface area contributed by atoms with Gasteiger partial charge in [-0.05, 0) is 110 Å². The van der Waals surface area contributed by atoms with E-state index in [2.05, 4.69) is 47.6 Å². The highest BCUT2D eigenvalue weighted by atomic mass is 16.1. The molecule has 5 aliphatic rings. The Morgan fingerprint density at radius 2 is 1.66 bits per heavy atom. The van der Waals surface area contributed by atoms with E-state index in [9.17, 15) is 9.59 Å². The van der Waals surface area contributed by atoms with Crippen LogP contribution < -0.4 is 0 Å². The van der Waals surface area contributed by atoms with Crippen LogP contribution in [0.3, 0.4) is 0 Å². The highest BCUT2D eigenvalue weighted by molar-refractivity contribution is 5.99. The van der Waals surface area contributed by atoms with Gasteiger partial charge >= 0.3 is 0 Å². The summed E-state index contributed by atoms with van der Waals surface area (Å²) in [4.78, 5) is 25.1. The second-order valence-electron chi connectivity index (χ2n) is 14.2. The van der Waals surface area contributed by atoms with Crippen LogP contribution in [-0.4, -0.2) is 12.1 Å². The molecule has 0 spiro atoms. The Bertz CT molecular complexity index is 870. The minimum absolute atomic E-state index is 0.0789. The van der Waals surface area contributed by atoms with E-state index in [1.54, 1.807) is 0 Å². The first-order valence-corrected chi connectivity index (χ1v) is 13.6. The van der Waals surface area contributed by atoms with Gasteiger partial charge in [-0.2, -0.15) is 0 Å². The van der Waals surface area contributed by atoms with Gasteiger partial charge in [0.25, 0.3) is 0 Å². The maximum Gasteiger partial charge on any atom is 0.146 e. The minimum atomic E-state index is -0.779.